The Labute approximate surface area is 121 Å². The topological polar surface area (TPSA) is 64.2 Å². The average Bonchev–Trinajstić information content (AvgIpc) is 2.92. The Morgan fingerprint density at radius 1 is 1.55 bits per heavy atom. The van der Waals surface area contributed by atoms with Crippen molar-refractivity contribution in [2.24, 2.45) is 11.7 Å². The number of nitrogens with two attached hydrogens (primary N) is 1. The van der Waals surface area contributed by atoms with Crippen molar-refractivity contribution in [1.29, 1.82) is 0 Å². The first kappa shape index (κ1) is 15.0. The second kappa shape index (κ2) is 5.95. The van der Waals surface area contributed by atoms with Crippen LogP contribution in [0.1, 0.15) is 46.1 Å². The van der Waals surface area contributed by atoms with Crippen molar-refractivity contribution in [3.8, 4) is 0 Å². The summed E-state index contributed by atoms with van der Waals surface area (Å²) in [6, 6.07) is 0.299. The first-order chi connectivity index (χ1) is 9.45. The van der Waals surface area contributed by atoms with Gasteiger partial charge in [0.25, 0.3) is 0 Å². The third-order valence-corrected chi connectivity index (χ3v) is 4.37. The smallest absolute Gasteiger partial charge is 0.242 e. The van der Waals surface area contributed by atoms with Crippen LogP contribution in [0.15, 0.2) is 18.7 Å². The van der Waals surface area contributed by atoms with Gasteiger partial charge in [0.15, 0.2) is 0 Å². The Kier molecular flexibility index (Phi) is 4.48. The normalized spacial score (nSPS) is 26.3. The number of likely N-dealkylation sites (tertiary alicyclic amines) is 1. The molecule has 0 saturated carbocycles. The Morgan fingerprint density at radius 2 is 2.30 bits per heavy atom. The molecule has 20 heavy (non-hydrogen) atoms. The zero-order valence-electron chi connectivity index (χ0n) is 12.7. The van der Waals surface area contributed by atoms with Gasteiger partial charge in [0, 0.05) is 25.5 Å². The van der Waals surface area contributed by atoms with Crippen molar-refractivity contribution < 1.29 is 4.79 Å². The number of amides is 1. The zero-order valence-corrected chi connectivity index (χ0v) is 12.7. The molecule has 112 valence electrons. The number of hydrogen-bond acceptors (Lipinski definition) is 3. The molecule has 0 bridgehead atoms. The average molecular weight is 278 g/mol. The molecule has 3 unspecified atom stereocenters. The lowest BCUT2D eigenvalue weighted by molar-refractivity contribution is -0.139. The molecule has 1 aromatic heterocycles. The molecular weight excluding hydrogens is 252 g/mol. The Hall–Kier alpha value is -1.36. The van der Waals surface area contributed by atoms with E-state index in [1.807, 2.05) is 24.3 Å². The Bertz CT molecular complexity index is 441. The van der Waals surface area contributed by atoms with Gasteiger partial charge in [-0.25, -0.2) is 4.98 Å². The molecule has 5 nitrogen and oxygen atoms in total. The molecule has 2 N–H and O–H groups in total. The number of piperidine rings is 1. The molecule has 1 aliphatic heterocycles. The van der Waals surface area contributed by atoms with Crippen LogP contribution in [0.3, 0.4) is 0 Å². The first-order valence-electron chi connectivity index (χ1n) is 7.51. The quantitative estimate of drug-likeness (QED) is 0.913. The standard InChI is InChI=1S/C15H26N4O/c1-4-6-15(3,16)14(20)18-8-5-12(2)13(10-18)19-9-7-17-11-19/h7,9,11-13H,4-6,8,10,16H2,1-3H3. The van der Waals surface area contributed by atoms with E-state index in [0.29, 0.717) is 12.0 Å². The second-order valence-electron chi connectivity index (χ2n) is 6.26. The summed E-state index contributed by atoms with van der Waals surface area (Å²) in [5, 5.41) is 0. The zero-order chi connectivity index (χ0) is 14.8. The van der Waals surface area contributed by atoms with Crippen molar-refractivity contribution >= 4 is 5.91 Å². The predicted octanol–water partition coefficient (Wildman–Crippen LogP) is 1.81. The van der Waals surface area contributed by atoms with E-state index >= 15 is 0 Å². The summed E-state index contributed by atoms with van der Waals surface area (Å²) in [7, 11) is 0. The number of rotatable bonds is 4. The molecule has 5 heteroatoms. The Morgan fingerprint density at radius 3 is 2.90 bits per heavy atom. The molecule has 0 radical (unpaired) electrons. The molecular formula is C15H26N4O. The van der Waals surface area contributed by atoms with Gasteiger partial charge in [-0.05, 0) is 25.7 Å². The van der Waals surface area contributed by atoms with E-state index in [1.165, 1.54) is 0 Å². The molecule has 0 aliphatic carbocycles. The number of carbonyl (C=O) groups excluding carboxylic acids is 1. The van der Waals surface area contributed by atoms with Crippen LogP contribution >= 0.6 is 0 Å². The van der Waals surface area contributed by atoms with E-state index in [1.54, 1.807) is 6.20 Å². The van der Waals surface area contributed by atoms with Crippen molar-refractivity contribution in [2.45, 2.75) is 51.6 Å². The third-order valence-electron chi connectivity index (χ3n) is 4.37. The number of hydrogen-bond donors (Lipinski definition) is 1. The predicted molar refractivity (Wildman–Crippen MR) is 79.1 cm³/mol. The van der Waals surface area contributed by atoms with Crippen molar-refractivity contribution in [1.82, 2.24) is 14.5 Å². The summed E-state index contributed by atoms with van der Waals surface area (Å²) in [5.41, 5.74) is 5.45. The summed E-state index contributed by atoms with van der Waals surface area (Å²) in [6.07, 6.45) is 8.27. The molecule has 1 amide bonds. The summed E-state index contributed by atoms with van der Waals surface area (Å²) < 4.78 is 2.11. The molecule has 1 saturated heterocycles. The fourth-order valence-corrected chi connectivity index (χ4v) is 3.07. The molecule has 2 rings (SSSR count). The van der Waals surface area contributed by atoms with Crippen LogP contribution in [0.5, 0.6) is 0 Å². The van der Waals surface area contributed by atoms with E-state index in [0.717, 1.165) is 32.4 Å². The number of nitrogens with zero attached hydrogens (tertiary/aromatic N) is 3. The maximum Gasteiger partial charge on any atom is 0.242 e. The van der Waals surface area contributed by atoms with Gasteiger partial charge in [-0.15, -0.1) is 0 Å². The van der Waals surface area contributed by atoms with Crippen LogP contribution in [-0.2, 0) is 4.79 Å². The fraction of sp³-hybridized carbons (Fsp3) is 0.733. The molecule has 1 aromatic rings. The molecule has 1 aliphatic rings. The van der Waals surface area contributed by atoms with Gasteiger partial charge in [0.1, 0.15) is 0 Å². The Balaban J connectivity index is 2.09. The molecule has 0 spiro atoms. The molecule has 0 aromatic carbocycles. The lowest BCUT2D eigenvalue weighted by Crippen LogP contribution is -2.56. The molecule has 3 atom stereocenters. The second-order valence-corrected chi connectivity index (χ2v) is 6.26. The highest BCUT2D eigenvalue weighted by atomic mass is 16.2. The number of carbonyl (C=O) groups is 1. The highest BCUT2D eigenvalue weighted by Gasteiger charge is 2.36. The van der Waals surface area contributed by atoms with Crippen molar-refractivity contribution in [2.75, 3.05) is 13.1 Å². The van der Waals surface area contributed by atoms with Gasteiger partial charge in [-0.2, -0.15) is 0 Å². The summed E-state index contributed by atoms with van der Waals surface area (Å²) in [5.74, 6) is 0.625. The largest absolute Gasteiger partial charge is 0.339 e. The number of aromatic nitrogens is 2. The van der Waals surface area contributed by atoms with E-state index in [9.17, 15) is 4.79 Å². The monoisotopic (exact) mass is 278 g/mol. The fourth-order valence-electron chi connectivity index (χ4n) is 3.07. The lowest BCUT2D eigenvalue weighted by atomic mass is 9.90. The van der Waals surface area contributed by atoms with E-state index in [2.05, 4.69) is 23.4 Å². The SMILES string of the molecule is CCCC(C)(N)C(=O)N1CCC(C)C(n2ccnc2)C1. The van der Waals surface area contributed by atoms with Gasteiger partial charge in [0.2, 0.25) is 5.91 Å². The minimum Gasteiger partial charge on any atom is -0.339 e. The maximum atomic E-state index is 12.6. The van der Waals surface area contributed by atoms with Gasteiger partial charge in [0.05, 0.1) is 17.9 Å². The van der Waals surface area contributed by atoms with Gasteiger partial charge in [-0.1, -0.05) is 20.3 Å². The van der Waals surface area contributed by atoms with Crippen molar-refractivity contribution in [3.05, 3.63) is 18.7 Å². The summed E-state index contributed by atoms with van der Waals surface area (Å²) >= 11 is 0. The van der Waals surface area contributed by atoms with Crippen LogP contribution < -0.4 is 5.73 Å². The lowest BCUT2D eigenvalue weighted by Gasteiger charge is -2.40. The van der Waals surface area contributed by atoms with Crippen molar-refractivity contribution in [3.63, 3.8) is 0 Å². The summed E-state index contributed by atoms with van der Waals surface area (Å²) in [6.45, 7) is 7.68. The van der Waals surface area contributed by atoms with E-state index in [4.69, 9.17) is 5.73 Å². The van der Waals surface area contributed by atoms with Crippen LogP contribution in [-0.4, -0.2) is 39.0 Å². The van der Waals surface area contributed by atoms with Crippen LogP contribution in [0.4, 0.5) is 0 Å². The minimum atomic E-state index is -0.741. The van der Waals surface area contributed by atoms with Crippen LogP contribution in [0.25, 0.3) is 0 Å². The van der Waals surface area contributed by atoms with E-state index in [-0.39, 0.29) is 5.91 Å². The van der Waals surface area contributed by atoms with Gasteiger partial charge >= 0.3 is 0 Å². The number of imidazole rings is 1. The third kappa shape index (κ3) is 3.03. The highest BCUT2D eigenvalue weighted by Crippen LogP contribution is 2.28. The minimum absolute atomic E-state index is 0.0800. The van der Waals surface area contributed by atoms with Gasteiger partial charge < -0.3 is 15.2 Å². The molecule has 1 fully saturated rings. The molecule has 2 heterocycles. The van der Waals surface area contributed by atoms with E-state index < -0.39 is 5.54 Å². The van der Waals surface area contributed by atoms with Crippen LogP contribution in [0.2, 0.25) is 0 Å². The highest BCUT2D eigenvalue weighted by molar-refractivity contribution is 5.85. The first-order valence-corrected chi connectivity index (χ1v) is 7.51. The maximum absolute atomic E-state index is 12.6. The van der Waals surface area contributed by atoms with Gasteiger partial charge in [-0.3, -0.25) is 4.79 Å². The van der Waals surface area contributed by atoms with Crippen LogP contribution in [0, 0.1) is 5.92 Å². The summed E-state index contributed by atoms with van der Waals surface area (Å²) in [4.78, 5) is 18.7.